The summed E-state index contributed by atoms with van der Waals surface area (Å²) in [4.78, 5) is 23.9. The zero-order chi connectivity index (χ0) is 17.5. The third-order valence-electron chi connectivity index (χ3n) is 3.61. The van der Waals surface area contributed by atoms with E-state index in [2.05, 4.69) is 26.1 Å². The highest BCUT2D eigenvalue weighted by Crippen LogP contribution is 2.10. The minimum Gasteiger partial charge on any atom is -0.350 e. The number of anilines is 1. The van der Waals surface area contributed by atoms with E-state index in [9.17, 15) is 9.59 Å². The number of aryl methyl sites for hydroxylation is 1. The largest absolute Gasteiger partial charge is 0.350 e. The Labute approximate surface area is 140 Å². The van der Waals surface area contributed by atoms with Crippen LogP contribution < -0.4 is 16.0 Å². The molecule has 24 heavy (non-hydrogen) atoms. The molecule has 3 amide bonds. The van der Waals surface area contributed by atoms with Crippen molar-refractivity contribution in [1.82, 2.24) is 25.4 Å². The van der Waals surface area contributed by atoms with E-state index in [-0.39, 0.29) is 24.5 Å². The van der Waals surface area contributed by atoms with Crippen LogP contribution >= 0.6 is 0 Å². The molecule has 0 saturated heterocycles. The second-order valence-electron chi connectivity index (χ2n) is 5.53. The van der Waals surface area contributed by atoms with Gasteiger partial charge in [0, 0.05) is 24.3 Å². The van der Waals surface area contributed by atoms with Crippen LogP contribution in [0, 0.1) is 0 Å². The van der Waals surface area contributed by atoms with Gasteiger partial charge in [-0.05, 0) is 37.6 Å². The van der Waals surface area contributed by atoms with E-state index in [1.165, 1.54) is 0 Å². The van der Waals surface area contributed by atoms with Gasteiger partial charge in [0.15, 0.2) is 5.82 Å². The molecular weight excluding hydrogens is 308 g/mol. The molecule has 8 nitrogen and oxygen atoms in total. The smallest absolute Gasteiger partial charge is 0.319 e. The monoisotopic (exact) mass is 330 g/mol. The normalized spacial score (nSPS) is 11.6. The number of carbonyl (C=O) groups is 2. The zero-order valence-corrected chi connectivity index (χ0v) is 14.0. The van der Waals surface area contributed by atoms with Gasteiger partial charge in [0.25, 0.3) is 5.91 Å². The minimum absolute atomic E-state index is 0.123. The maximum Gasteiger partial charge on any atom is 0.319 e. The number of aromatic nitrogens is 3. The van der Waals surface area contributed by atoms with Gasteiger partial charge in [-0.2, -0.15) is 0 Å². The van der Waals surface area contributed by atoms with Gasteiger partial charge in [-0.15, -0.1) is 10.2 Å². The average molecular weight is 330 g/mol. The molecule has 0 aliphatic rings. The molecule has 1 atom stereocenters. The molecular formula is C16H22N6O2. The van der Waals surface area contributed by atoms with Crippen LogP contribution in [0.4, 0.5) is 10.5 Å². The van der Waals surface area contributed by atoms with E-state index in [0.717, 1.165) is 6.42 Å². The predicted octanol–water partition coefficient (Wildman–Crippen LogP) is 1.67. The fraction of sp³-hybridized carbons (Fsp3) is 0.375. The fourth-order valence-corrected chi connectivity index (χ4v) is 1.92. The molecule has 0 unspecified atom stereocenters. The first-order valence-electron chi connectivity index (χ1n) is 7.78. The number of rotatable bonds is 6. The topological polar surface area (TPSA) is 101 Å². The van der Waals surface area contributed by atoms with Crippen LogP contribution in [0.1, 0.15) is 36.5 Å². The molecule has 0 bridgehead atoms. The predicted molar refractivity (Wildman–Crippen MR) is 90.5 cm³/mol. The second-order valence-corrected chi connectivity index (χ2v) is 5.53. The summed E-state index contributed by atoms with van der Waals surface area (Å²) in [5, 5.41) is 15.9. The first kappa shape index (κ1) is 17.5. The molecule has 0 radical (unpaired) electrons. The van der Waals surface area contributed by atoms with Crippen LogP contribution in [0.15, 0.2) is 30.6 Å². The molecule has 1 aromatic carbocycles. The van der Waals surface area contributed by atoms with Crippen LogP contribution in [-0.2, 0) is 13.6 Å². The Morgan fingerprint density at radius 3 is 2.54 bits per heavy atom. The highest BCUT2D eigenvalue weighted by molar-refractivity contribution is 5.95. The van der Waals surface area contributed by atoms with Gasteiger partial charge in [-0.25, -0.2) is 4.79 Å². The van der Waals surface area contributed by atoms with Crippen molar-refractivity contribution in [2.45, 2.75) is 32.9 Å². The number of amides is 3. The molecule has 0 fully saturated rings. The van der Waals surface area contributed by atoms with Gasteiger partial charge >= 0.3 is 6.03 Å². The summed E-state index contributed by atoms with van der Waals surface area (Å²) in [6.07, 6.45) is 2.44. The summed E-state index contributed by atoms with van der Waals surface area (Å²) in [7, 11) is 1.80. The van der Waals surface area contributed by atoms with Crippen molar-refractivity contribution in [3.63, 3.8) is 0 Å². The maximum absolute atomic E-state index is 12.0. The van der Waals surface area contributed by atoms with Crippen molar-refractivity contribution in [2.75, 3.05) is 5.32 Å². The number of benzene rings is 1. The lowest BCUT2D eigenvalue weighted by Gasteiger charge is -2.12. The number of hydrogen-bond acceptors (Lipinski definition) is 4. The van der Waals surface area contributed by atoms with Crippen molar-refractivity contribution in [2.24, 2.45) is 7.05 Å². The Balaban J connectivity index is 1.85. The standard InChI is InChI=1S/C16H22N6O2/c1-4-11(2)19-15(23)12-5-7-13(8-6-12)20-16(24)17-9-14-21-18-10-22(14)3/h5-8,10-11H,4,9H2,1-3H3,(H,19,23)(H2,17,20,24)/t11-/m1/s1. The van der Waals surface area contributed by atoms with Gasteiger partial charge < -0.3 is 20.5 Å². The van der Waals surface area contributed by atoms with Crippen LogP contribution in [0.3, 0.4) is 0 Å². The quantitative estimate of drug-likeness (QED) is 0.750. The molecule has 2 aromatic rings. The Hall–Kier alpha value is -2.90. The van der Waals surface area contributed by atoms with Gasteiger partial charge in [-0.1, -0.05) is 6.92 Å². The molecule has 8 heteroatoms. The molecule has 0 spiro atoms. The van der Waals surface area contributed by atoms with E-state index >= 15 is 0 Å². The molecule has 128 valence electrons. The third-order valence-corrected chi connectivity index (χ3v) is 3.61. The Morgan fingerprint density at radius 1 is 1.25 bits per heavy atom. The van der Waals surface area contributed by atoms with Crippen molar-refractivity contribution >= 4 is 17.6 Å². The van der Waals surface area contributed by atoms with Crippen LogP contribution in [0.25, 0.3) is 0 Å². The maximum atomic E-state index is 12.0. The fourth-order valence-electron chi connectivity index (χ4n) is 1.92. The summed E-state index contributed by atoms with van der Waals surface area (Å²) in [5.41, 5.74) is 1.16. The molecule has 0 aliphatic heterocycles. The summed E-state index contributed by atoms with van der Waals surface area (Å²) in [5.74, 6) is 0.532. The van der Waals surface area contributed by atoms with Crippen molar-refractivity contribution in [1.29, 1.82) is 0 Å². The summed E-state index contributed by atoms with van der Waals surface area (Å²) in [6.45, 7) is 4.24. The lowest BCUT2D eigenvalue weighted by Crippen LogP contribution is -2.32. The first-order valence-corrected chi connectivity index (χ1v) is 7.78. The van der Waals surface area contributed by atoms with E-state index in [1.54, 1.807) is 42.2 Å². The van der Waals surface area contributed by atoms with Gasteiger partial charge in [0.05, 0.1) is 6.54 Å². The lowest BCUT2D eigenvalue weighted by atomic mass is 10.1. The number of urea groups is 1. The van der Waals surface area contributed by atoms with Crippen molar-refractivity contribution in [3.05, 3.63) is 42.0 Å². The van der Waals surface area contributed by atoms with Crippen LogP contribution in [0.5, 0.6) is 0 Å². The number of nitrogens with zero attached hydrogens (tertiary/aromatic N) is 3. The van der Waals surface area contributed by atoms with Gasteiger partial charge in [0.2, 0.25) is 0 Å². The number of nitrogens with one attached hydrogen (secondary N) is 3. The number of hydrogen-bond donors (Lipinski definition) is 3. The van der Waals surface area contributed by atoms with E-state index < -0.39 is 0 Å². The molecule has 2 rings (SSSR count). The second kappa shape index (κ2) is 8.09. The molecule has 0 aliphatic carbocycles. The average Bonchev–Trinajstić information content (AvgIpc) is 2.98. The van der Waals surface area contributed by atoms with Gasteiger partial charge in [-0.3, -0.25) is 4.79 Å². The van der Waals surface area contributed by atoms with E-state index in [1.807, 2.05) is 13.8 Å². The van der Waals surface area contributed by atoms with Crippen LogP contribution in [-0.4, -0.2) is 32.7 Å². The first-order chi connectivity index (χ1) is 11.5. The lowest BCUT2D eigenvalue weighted by molar-refractivity contribution is 0.0939. The molecule has 3 N–H and O–H groups in total. The van der Waals surface area contributed by atoms with Crippen molar-refractivity contribution < 1.29 is 9.59 Å². The Morgan fingerprint density at radius 2 is 1.96 bits per heavy atom. The minimum atomic E-state index is -0.352. The van der Waals surface area contributed by atoms with Crippen molar-refractivity contribution in [3.8, 4) is 0 Å². The zero-order valence-electron chi connectivity index (χ0n) is 14.0. The highest BCUT2D eigenvalue weighted by atomic mass is 16.2. The Kier molecular flexibility index (Phi) is 5.89. The summed E-state index contributed by atoms with van der Waals surface area (Å²) in [6, 6.07) is 6.50. The van der Waals surface area contributed by atoms with Gasteiger partial charge in [0.1, 0.15) is 6.33 Å². The molecule has 1 aromatic heterocycles. The summed E-state index contributed by atoms with van der Waals surface area (Å²) < 4.78 is 1.73. The molecule has 0 saturated carbocycles. The SMILES string of the molecule is CC[C@@H](C)NC(=O)c1ccc(NC(=O)NCc2nncn2C)cc1. The number of carbonyl (C=O) groups excluding carboxylic acids is 2. The van der Waals surface area contributed by atoms with E-state index in [0.29, 0.717) is 17.1 Å². The Bertz CT molecular complexity index is 695. The molecule has 1 heterocycles. The van der Waals surface area contributed by atoms with E-state index in [4.69, 9.17) is 0 Å². The summed E-state index contributed by atoms with van der Waals surface area (Å²) >= 11 is 0. The highest BCUT2D eigenvalue weighted by Gasteiger charge is 2.09. The van der Waals surface area contributed by atoms with Crippen LogP contribution in [0.2, 0.25) is 0 Å². The third kappa shape index (κ3) is 4.80.